The second kappa shape index (κ2) is 7.27. The summed E-state index contributed by atoms with van der Waals surface area (Å²) in [5.74, 6) is 0.662. The van der Waals surface area contributed by atoms with E-state index in [-0.39, 0.29) is 65.8 Å². The third-order valence-electron chi connectivity index (χ3n) is 11.5. The summed E-state index contributed by atoms with van der Waals surface area (Å²) in [6.45, 7) is 8.16. The summed E-state index contributed by atoms with van der Waals surface area (Å²) in [7, 11) is 0. The number of esters is 1. The number of ether oxygens (including phenoxy) is 2. The molecule has 0 aromatic heterocycles. The van der Waals surface area contributed by atoms with Crippen LogP contribution in [0.15, 0.2) is 23.3 Å². The predicted molar refractivity (Wildman–Crippen MR) is 124 cm³/mol. The average Bonchev–Trinajstić information content (AvgIpc) is 3.53. The third-order valence-corrected chi connectivity index (χ3v) is 11.5. The maximum Gasteiger partial charge on any atom is 0.333 e. The number of allylic oxidation sites excluding steroid dienone is 1. The van der Waals surface area contributed by atoms with E-state index in [0.717, 1.165) is 31.3 Å². The summed E-state index contributed by atoms with van der Waals surface area (Å²) >= 11 is 0. The zero-order valence-corrected chi connectivity index (χ0v) is 20.8. The molecule has 34 heavy (non-hydrogen) atoms. The normalized spacial score (nSPS) is 52.4. The molecule has 3 saturated carbocycles. The van der Waals surface area contributed by atoms with Gasteiger partial charge in [0.05, 0.1) is 11.5 Å². The van der Waals surface area contributed by atoms with Crippen LogP contribution in [-0.4, -0.2) is 52.5 Å². The molecule has 2 N–H and O–H groups in total. The van der Waals surface area contributed by atoms with E-state index in [1.807, 2.05) is 26.8 Å². The van der Waals surface area contributed by atoms with Crippen molar-refractivity contribution in [3.05, 3.63) is 23.3 Å². The number of carbonyl (C=O) groups excluding carboxylic acids is 2. The number of hydrogen-bond acceptors (Lipinski definition) is 6. The second-order valence-corrected chi connectivity index (χ2v) is 12.5. The minimum Gasteiger partial charge on any atom is -0.458 e. The van der Waals surface area contributed by atoms with Gasteiger partial charge in [-0.25, -0.2) is 4.79 Å². The number of fused-ring (bicyclic) bond motifs is 8. The highest BCUT2D eigenvalue weighted by atomic mass is 16.6. The van der Waals surface area contributed by atoms with Gasteiger partial charge in [-0.1, -0.05) is 18.6 Å². The van der Waals surface area contributed by atoms with Crippen molar-refractivity contribution in [2.75, 3.05) is 6.61 Å². The molecule has 2 aliphatic heterocycles. The van der Waals surface area contributed by atoms with Crippen LogP contribution in [0.3, 0.4) is 0 Å². The molecule has 6 rings (SSSR count). The van der Waals surface area contributed by atoms with Crippen LogP contribution in [0.1, 0.15) is 66.2 Å². The fourth-order valence-electron chi connectivity index (χ4n) is 9.37. The van der Waals surface area contributed by atoms with Gasteiger partial charge in [0, 0.05) is 24.5 Å². The molecule has 186 valence electrons. The first-order valence-electron chi connectivity index (χ1n) is 13.1. The first-order valence-corrected chi connectivity index (χ1v) is 13.1. The Hall–Kier alpha value is -1.50. The first kappa shape index (κ1) is 22.9. The maximum atomic E-state index is 13.3. The van der Waals surface area contributed by atoms with Crippen molar-refractivity contribution in [2.45, 2.75) is 90.1 Å². The summed E-state index contributed by atoms with van der Waals surface area (Å²) in [5.41, 5.74) is -0.183. The fourth-order valence-corrected chi connectivity index (χ4v) is 9.37. The molecular formula is C28H38O6. The van der Waals surface area contributed by atoms with E-state index in [1.54, 1.807) is 6.08 Å². The number of hydrogen-bond donors (Lipinski definition) is 2. The molecule has 0 aromatic rings. The number of aliphatic hydroxyl groups is 2. The van der Waals surface area contributed by atoms with Crippen LogP contribution in [0.4, 0.5) is 0 Å². The first-order chi connectivity index (χ1) is 16.1. The molecule has 0 amide bonds. The lowest BCUT2D eigenvalue weighted by atomic mass is 9.43. The Labute approximate surface area is 201 Å². The molecule has 11 atom stereocenters. The van der Waals surface area contributed by atoms with E-state index in [1.165, 1.54) is 0 Å². The van der Waals surface area contributed by atoms with Gasteiger partial charge in [0.1, 0.15) is 17.8 Å². The van der Waals surface area contributed by atoms with Gasteiger partial charge < -0.3 is 19.7 Å². The van der Waals surface area contributed by atoms with Gasteiger partial charge in [-0.15, -0.1) is 0 Å². The molecule has 0 spiro atoms. The van der Waals surface area contributed by atoms with E-state index in [4.69, 9.17) is 9.47 Å². The molecule has 11 unspecified atom stereocenters. The number of ketones is 1. The second-order valence-electron chi connectivity index (χ2n) is 12.5. The Kier molecular flexibility index (Phi) is 4.90. The molecule has 0 bridgehead atoms. The van der Waals surface area contributed by atoms with Gasteiger partial charge in [-0.3, -0.25) is 4.79 Å². The summed E-state index contributed by atoms with van der Waals surface area (Å²) < 4.78 is 12.0. The van der Waals surface area contributed by atoms with E-state index < -0.39 is 11.0 Å². The van der Waals surface area contributed by atoms with Gasteiger partial charge >= 0.3 is 5.97 Å². The molecule has 0 radical (unpaired) electrons. The number of carbonyl (C=O) groups is 2. The van der Waals surface area contributed by atoms with Crippen LogP contribution in [0.2, 0.25) is 0 Å². The molecular weight excluding hydrogens is 432 g/mol. The molecule has 2 heterocycles. The molecule has 6 heteroatoms. The molecule has 0 aromatic carbocycles. The molecule has 6 nitrogen and oxygen atoms in total. The van der Waals surface area contributed by atoms with Crippen LogP contribution in [0.5, 0.6) is 0 Å². The summed E-state index contributed by atoms with van der Waals surface area (Å²) in [6, 6.07) is 0. The van der Waals surface area contributed by atoms with Crippen molar-refractivity contribution < 1.29 is 29.3 Å². The highest BCUT2D eigenvalue weighted by Gasteiger charge is 2.77. The Morgan fingerprint density at radius 3 is 2.62 bits per heavy atom. The molecule has 6 aliphatic rings. The van der Waals surface area contributed by atoms with E-state index in [9.17, 15) is 19.8 Å². The summed E-state index contributed by atoms with van der Waals surface area (Å²) in [6.07, 6.45) is 7.96. The lowest BCUT2D eigenvalue weighted by Gasteiger charge is -2.60. The maximum absolute atomic E-state index is 13.3. The number of cyclic esters (lactones) is 1. The van der Waals surface area contributed by atoms with Crippen LogP contribution < -0.4 is 0 Å². The lowest BCUT2D eigenvalue weighted by Crippen LogP contribution is -2.67. The van der Waals surface area contributed by atoms with E-state index in [0.29, 0.717) is 24.3 Å². The quantitative estimate of drug-likeness (QED) is 0.485. The SMILES string of the molecule is CC1=C(C)C(=O)OC(C(CO)C2CCC3C4C5OC5C5(O)CC=CC(=O)C5(C)C4CCC23C)C1. The predicted octanol–water partition coefficient (Wildman–Crippen LogP) is 3.35. The van der Waals surface area contributed by atoms with Crippen molar-refractivity contribution in [3.8, 4) is 0 Å². The van der Waals surface area contributed by atoms with Gasteiger partial charge in [0.15, 0.2) is 5.78 Å². The number of epoxide rings is 1. The van der Waals surface area contributed by atoms with Gasteiger partial charge in [-0.05, 0) is 88.0 Å². The van der Waals surface area contributed by atoms with E-state index in [2.05, 4.69) is 6.92 Å². The molecule has 4 fully saturated rings. The highest BCUT2D eigenvalue weighted by Crippen LogP contribution is 2.71. The Bertz CT molecular complexity index is 999. The molecule has 1 saturated heterocycles. The van der Waals surface area contributed by atoms with Crippen LogP contribution >= 0.6 is 0 Å². The van der Waals surface area contributed by atoms with Crippen molar-refractivity contribution in [2.24, 2.45) is 40.4 Å². The minimum absolute atomic E-state index is 0.00858. The van der Waals surface area contributed by atoms with Crippen LogP contribution in [-0.2, 0) is 19.1 Å². The summed E-state index contributed by atoms with van der Waals surface area (Å²) in [5, 5.41) is 22.2. The number of aliphatic hydroxyl groups excluding tert-OH is 1. The zero-order valence-electron chi connectivity index (χ0n) is 20.8. The Morgan fingerprint density at radius 2 is 1.91 bits per heavy atom. The van der Waals surface area contributed by atoms with Crippen LogP contribution in [0.25, 0.3) is 0 Å². The van der Waals surface area contributed by atoms with Gasteiger partial charge in [0.25, 0.3) is 0 Å². The largest absolute Gasteiger partial charge is 0.458 e. The topological polar surface area (TPSA) is 96.4 Å². The Balaban J connectivity index is 1.32. The number of rotatable bonds is 3. The minimum atomic E-state index is -1.11. The summed E-state index contributed by atoms with van der Waals surface area (Å²) in [4.78, 5) is 25.7. The van der Waals surface area contributed by atoms with E-state index >= 15 is 0 Å². The van der Waals surface area contributed by atoms with Crippen molar-refractivity contribution in [1.82, 2.24) is 0 Å². The Morgan fingerprint density at radius 1 is 1.15 bits per heavy atom. The monoisotopic (exact) mass is 470 g/mol. The zero-order chi connectivity index (χ0) is 24.2. The standard InChI is InChI=1S/C28H38O6/c1-14-12-20(33-25(31)15(14)2)16(13-29)17-7-8-18-22-19(9-11-26(17,18)3)27(4)21(30)6-5-10-28(27,32)24-23(22)34-24/h5-6,16-20,22-24,29,32H,7-13H2,1-4H3. The van der Waals surface area contributed by atoms with Gasteiger partial charge in [0.2, 0.25) is 0 Å². The smallest absolute Gasteiger partial charge is 0.333 e. The fraction of sp³-hybridized carbons (Fsp3) is 0.786. The highest BCUT2D eigenvalue weighted by molar-refractivity contribution is 5.97. The van der Waals surface area contributed by atoms with Crippen molar-refractivity contribution in [1.29, 1.82) is 0 Å². The lowest BCUT2D eigenvalue weighted by molar-refractivity contribution is -0.183. The molecule has 4 aliphatic carbocycles. The van der Waals surface area contributed by atoms with Gasteiger partial charge in [-0.2, -0.15) is 0 Å². The van der Waals surface area contributed by atoms with Crippen molar-refractivity contribution in [3.63, 3.8) is 0 Å². The van der Waals surface area contributed by atoms with Crippen molar-refractivity contribution >= 4 is 11.8 Å². The third kappa shape index (κ3) is 2.68. The average molecular weight is 471 g/mol. The van der Waals surface area contributed by atoms with Crippen LogP contribution in [0, 0.1) is 40.4 Å².